The summed E-state index contributed by atoms with van der Waals surface area (Å²) in [6.07, 6.45) is 2.03. The molecule has 0 fully saturated rings. The number of rotatable bonds is 3. The Hall–Kier alpha value is -2.13. The summed E-state index contributed by atoms with van der Waals surface area (Å²) in [7, 11) is 2.16. The first kappa shape index (κ1) is 16.3. The monoisotopic (exact) mass is 336 g/mol. The number of halogens is 1. The number of hydrogen-bond acceptors (Lipinski definition) is 1. The number of aromatic nitrogens is 1. The van der Waals surface area contributed by atoms with E-state index in [0.717, 1.165) is 31.3 Å². The molecule has 3 heteroatoms. The Kier molecular flexibility index (Phi) is 4.12. The third-order valence-corrected chi connectivity index (χ3v) is 5.66. The zero-order chi connectivity index (χ0) is 17.6. The first-order chi connectivity index (χ1) is 12.0. The normalized spacial score (nSPS) is 17.8. The Bertz CT molecular complexity index is 925. The number of aryl methyl sites for hydroxylation is 3. The maximum absolute atomic E-state index is 13.9. The molecule has 0 N–H and O–H groups in total. The van der Waals surface area contributed by atoms with Crippen LogP contribution in [-0.2, 0) is 19.4 Å². The number of fused-ring (bicyclic) bond motifs is 3. The average molecular weight is 336 g/mol. The van der Waals surface area contributed by atoms with Gasteiger partial charge in [0, 0.05) is 42.1 Å². The number of benzene rings is 2. The maximum atomic E-state index is 13.9. The summed E-state index contributed by atoms with van der Waals surface area (Å²) in [6.45, 7) is 6.36. The van der Waals surface area contributed by atoms with E-state index in [-0.39, 0.29) is 5.82 Å². The van der Waals surface area contributed by atoms with Gasteiger partial charge in [-0.2, -0.15) is 0 Å². The van der Waals surface area contributed by atoms with Gasteiger partial charge in [-0.15, -0.1) is 0 Å². The van der Waals surface area contributed by atoms with Crippen molar-refractivity contribution in [3.05, 3.63) is 70.7 Å². The number of likely N-dealkylation sites (N-methyl/N-ethyl adjacent to an activating group) is 1. The highest BCUT2D eigenvalue weighted by Gasteiger charge is 2.27. The molecule has 25 heavy (non-hydrogen) atoms. The van der Waals surface area contributed by atoms with Gasteiger partial charge in [-0.05, 0) is 56.6 Å². The van der Waals surface area contributed by atoms with Crippen LogP contribution in [0.5, 0.6) is 0 Å². The largest absolute Gasteiger partial charge is 0.344 e. The van der Waals surface area contributed by atoms with Crippen LogP contribution in [0.3, 0.4) is 0 Å². The van der Waals surface area contributed by atoms with Crippen LogP contribution in [0.1, 0.15) is 35.3 Å². The van der Waals surface area contributed by atoms with Gasteiger partial charge >= 0.3 is 0 Å². The summed E-state index contributed by atoms with van der Waals surface area (Å²) >= 11 is 0. The van der Waals surface area contributed by atoms with Gasteiger partial charge in [0.2, 0.25) is 0 Å². The Balaban J connectivity index is 1.78. The Labute approximate surface area is 148 Å². The van der Waals surface area contributed by atoms with E-state index in [0.29, 0.717) is 6.04 Å². The molecule has 0 radical (unpaired) electrons. The predicted molar refractivity (Wildman–Crippen MR) is 102 cm³/mol. The van der Waals surface area contributed by atoms with Crippen molar-refractivity contribution in [2.24, 2.45) is 0 Å². The van der Waals surface area contributed by atoms with E-state index in [4.69, 9.17) is 0 Å². The van der Waals surface area contributed by atoms with Crippen molar-refractivity contribution in [3.8, 4) is 0 Å². The molecule has 130 valence electrons. The molecule has 0 bridgehead atoms. The first-order valence-electron chi connectivity index (χ1n) is 9.11. The van der Waals surface area contributed by atoms with Crippen LogP contribution in [0.15, 0.2) is 42.5 Å². The molecule has 2 aromatic carbocycles. The van der Waals surface area contributed by atoms with E-state index >= 15 is 0 Å². The molecule has 0 aliphatic carbocycles. The van der Waals surface area contributed by atoms with E-state index in [1.165, 1.54) is 27.9 Å². The maximum Gasteiger partial charge on any atom is 0.123 e. The van der Waals surface area contributed by atoms with E-state index in [1.54, 1.807) is 12.1 Å². The van der Waals surface area contributed by atoms with Gasteiger partial charge in [0.1, 0.15) is 5.82 Å². The van der Waals surface area contributed by atoms with Gasteiger partial charge in [0.25, 0.3) is 0 Å². The van der Waals surface area contributed by atoms with E-state index < -0.39 is 0 Å². The zero-order valence-corrected chi connectivity index (χ0v) is 15.2. The lowest BCUT2D eigenvalue weighted by Gasteiger charge is -2.31. The summed E-state index contributed by atoms with van der Waals surface area (Å²) < 4.78 is 16.3. The van der Waals surface area contributed by atoms with E-state index in [1.807, 2.05) is 6.07 Å². The molecule has 1 aromatic heterocycles. The van der Waals surface area contributed by atoms with Gasteiger partial charge in [-0.25, -0.2) is 4.39 Å². The fraction of sp³-hybridized carbons (Fsp3) is 0.364. The van der Waals surface area contributed by atoms with Crippen molar-refractivity contribution in [1.82, 2.24) is 9.47 Å². The van der Waals surface area contributed by atoms with Crippen LogP contribution >= 0.6 is 0 Å². The van der Waals surface area contributed by atoms with Crippen molar-refractivity contribution >= 4 is 10.9 Å². The van der Waals surface area contributed by atoms with Crippen molar-refractivity contribution in [2.45, 2.75) is 39.3 Å². The van der Waals surface area contributed by atoms with Gasteiger partial charge in [0.15, 0.2) is 0 Å². The van der Waals surface area contributed by atoms with Gasteiger partial charge < -0.3 is 4.57 Å². The Morgan fingerprint density at radius 1 is 1.16 bits per heavy atom. The number of hydrogen-bond donors (Lipinski definition) is 0. The fourth-order valence-electron chi connectivity index (χ4n) is 4.20. The average Bonchev–Trinajstić information content (AvgIpc) is 2.90. The molecule has 0 spiro atoms. The van der Waals surface area contributed by atoms with Crippen LogP contribution in [-0.4, -0.2) is 23.1 Å². The van der Waals surface area contributed by atoms with Crippen LogP contribution in [0.25, 0.3) is 10.9 Å². The highest BCUT2D eigenvalue weighted by atomic mass is 19.1. The van der Waals surface area contributed by atoms with Crippen LogP contribution in [0, 0.1) is 12.7 Å². The van der Waals surface area contributed by atoms with E-state index in [9.17, 15) is 4.39 Å². The summed E-state index contributed by atoms with van der Waals surface area (Å²) in [5.74, 6) is -0.147. The van der Waals surface area contributed by atoms with Crippen LogP contribution in [0.4, 0.5) is 4.39 Å². The molecule has 3 aromatic rings. The topological polar surface area (TPSA) is 8.17 Å². The minimum atomic E-state index is -0.147. The molecule has 4 rings (SSSR count). The van der Waals surface area contributed by atoms with Gasteiger partial charge in [-0.1, -0.05) is 29.8 Å². The lowest BCUT2D eigenvalue weighted by Crippen LogP contribution is -2.31. The summed E-state index contributed by atoms with van der Waals surface area (Å²) in [6, 6.07) is 14.3. The SMILES string of the molecule is Cc1cccc(CCn2c3c(c4cc(F)ccc42)C(C)N(C)CC3)c1. The lowest BCUT2D eigenvalue weighted by molar-refractivity contribution is 0.245. The van der Waals surface area contributed by atoms with Crippen LogP contribution < -0.4 is 0 Å². The molecule has 2 nitrogen and oxygen atoms in total. The molecule has 0 amide bonds. The minimum Gasteiger partial charge on any atom is -0.344 e. The van der Waals surface area contributed by atoms with Gasteiger partial charge in [-0.3, -0.25) is 4.90 Å². The molecule has 0 saturated carbocycles. The Morgan fingerprint density at radius 2 is 2.00 bits per heavy atom. The molecule has 0 saturated heterocycles. The second-order valence-corrected chi connectivity index (χ2v) is 7.32. The second kappa shape index (κ2) is 6.30. The quantitative estimate of drug-likeness (QED) is 0.662. The van der Waals surface area contributed by atoms with Crippen molar-refractivity contribution in [3.63, 3.8) is 0 Å². The second-order valence-electron chi connectivity index (χ2n) is 7.32. The lowest BCUT2D eigenvalue weighted by atomic mass is 9.97. The third kappa shape index (κ3) is 2.87. The van der Waals surface area contributed by atoms with Crippen molar-refractivity contribution in [2.75, 3.05) is 13.6 Å². The molecular weight excluding hydrogens is 311 g/mol. The molecule has 1 atom stereocenters. The van der Waals surface area contributed by atoms with Crippen LogP contribution in [0.2, 0.25) is 0 Å². The van der Waals surface area contributed by atoms with E-state index in [2.05, 4.69) is 54.6 Å². The van der Waals surface area contributed by atoms with Crippen molar-refractivity contribution in [1.29, 1.82) is 0 Å². The molecule has 1 aliphatic rings. The zero-order valence-electron chi connectivity index (χ0n) is 15.2. The predicted octanol–water partition coefficient (Wildman–Crippen LogP) is 4.88. The molecule has 1 unspecified atom stereocenters. The molecular formula is C22H25FN2. The first-order valence-corrected chi connectivity index (χ1v) is 9.11. The number of nitrogens with zero attached hydrogens (tertiary/aromatic N) is 2. The standard InChI is InChI=1S/C22H25FN2/c1-15-5-4-6-17(13-15)9-12-25-20-8-7-18(23)14-19(20)22-16(2)24(3)11-10-21(22)25/h4-8,13-14,16H,9-12H2,1-3H3. The summed E-state index contributed by atoms with van der Waals surface area (Å²) in [4.78, 5) is 2.36. The Morgan fingerprint density at radius 3 is 2.80 bits per heavy atom. The summed E-state index contributed by atoms with van der Waals surface area (Å²) in [5.41, 5.74) is 6.53. The molecule has 2 heterocycles. The minimum absolute atomic E-state index is 0.147. The highest BCUT2D eigenvalue weighted by Crippen LogP contribution is 2.37. The smallest absolute Gasteiger partial charge is 0.123 e. The fourth-order valence-corrected chi connectivity index (χ4v) is 4.20. The summed E-state index contributed by atoms with van der Waals surface area (Å²) in [5, 5.41) is 1.08. The molecule has 1 aliphatic heterocycles. The van der Waals surface area contributed by atoms with Gasteiger partial charge in [0.05, 0.1) is 0 Å². The highest BCUT2D eigenvalue weighted by molar-refractivity contribution is 5.86. The third-order valence-electron chi connectivity index (χ3n) is 5.66. The van der Waals surface area contributed by atoms with Crippen molar-refractivity contribution < 1.29 is 4.39 Å².